The van der Waals surface area contributed by atoms with E-state index < -0.39 is 11.7 Å². The lowest BCUT2D eigenvalue weighted by molar-refractivity contribution is 0.0134. The SMILES string of the molecule is COCCC(NC(=O)OC(C)(C)C)OC. The summed E-state index contributed by atoms with van der Waals surface area (Å²) in [6, 6.07) is 0. The molecule has 0 aromatic carbocycles. The highest BCUT2D eigenvalue weighted by molar-refractivity contribution is 5.67. The smallest absolute Gasteiger partial charge is 0.409 e. The Balaban J connectivity index is 3.91. The molecule has 0 saturated heterocycles. The van der Waals surface area contributed by atoms with Crippen LogP contribution in [0.25, 0.3) is 0 Å². The van der Waals surface area contributed by atoms with Gasteiger partial charge in [0.15, 0.2) is 0 Å². The van der Waals surface area contributed by atoms with Gasteiger partial charge in [-0.05, 0) is 20.8 Å². The van der Waals surface area contributed by atoms with Gasteiger partial charge in [-0.15, -0.1) is 0 Å². The highest BCUT2D eigenvalue weighted by Crippen LogP contribution is 2.07. The van der Waals surface area contributed by atoms with E-state index in [1.165, 1.54) is 7.11 Å². The maximum Gasteiger partial charge on any atom is 0.409 e. The van der Waals surface area contributed by atoms with E-state index in [0.29, 0.717) is 13.0 Å². The van der Waals surface area contributed by atoms with Crippen LogP contribution in [0.3, 0.4) is 0 Å². The molecule has 1 atom stereocenters. The predicted molar refractivity (Wildman–Crippen MR) is 56.7 cm³/mol. The summed E-state index contributed by atoms with van der Waals surface area (Å²) in [5.74, 6) is 0. The number of rotatable bonds is 5. The molecule has 15 heavy (non-hydrogen) atoms. The first kappa shape index (κ1) is 14.2. The normalized spacial score (nSPS) is 13.4. The Morgan fingerprint density at radius 1 is 1.33 bits per heavy atom. The number of alkyl carbamates (subject to hydrolysis) is 1. The van der Waals surface area contributed by atoms with Crippen molar-refractivity contribution in [1.82, 2.24) is 5.32 Å². The fourth-order valence-electron chi connectivity index (χ4n) is 0.913. The lowest BCUT2D eigenvalue weighted by Gasteiger charge is -2.22. The van der Waals surface area contributed by atoms with Crippen LogP contribution in [-0.4, -0.2) is 38.7 Å². The Bertz CT molecular complexity index is 188. The fourth-order valence-corrected chi connectivity index (χ4v) is 0.913. The van der Waals surface area contributed by atoms with E-state index in [-0.39, 0.29) is 6.23 Å². The summed E-state index contributed by atoms with van der Waals surface area (Å²) in [6.07, 6.45) is -0.267. The second-order valence-electron chi connectivity index (χ2n) is 4.15. The monoisotopic (exact) mass is 219 g/mol. The Morgan fingerprint density at radius 3 is 2.33 bits per heavy atom. The molecule has 0 radical (unpaired) electrons. The van der Waals surface area contributed by atoms with Gasteiger partial charge in [0.2, 0.25) is 0 Å². The van der Waals surface area contributed by atoms with Gasteiger partial charge in [-0.25, -0.2) is 4.79 Å². The highest BCUT2D eigenvalue weighted by Gasteiger charge is 2.18. The second-order valence-corrected chi connectivity index (χ2v) is 4.15. The number of methoxy groups -OCH3 is 2. The van der Waals surface area contributed by atoms with Gasteiger partial charge in [0.1, 0.15) is 11.8 Å². The molecule has 0 rings (SSSR count). The van der Waals surface area contributed by atoms with Crippen LogP contribution in [0.1, 0.15) is 27.2 Å². The largest absolute Gasteiger partial charge is 0.444 e. The van der Waals surface area contributed by atoms with E-state index in [1.54, 1.807) is 7.11 Å². The third-order valence-electron chi connectivity index (χ3n) is 1.55. The van der Waals surface area contributed by atoms with Crippen molar-refractivity contribution in [1.29, 1.82) is 0 Å². The molecular formula is C10H21NO4. The van der Waals surface area contributed by atoms with E-state index in [4.69, 9.17) is 14.2 Å². The van der Waals surface area contributed by atoms with Crippen molar-refractivity contribution in [2.24, 2.45) is 0 Å². The van der Waals surface area contributed by atoms with E-state index in [9.17, 15) is 4.79 Å². The van der Waals surface area contributed by atoms with Crippen LogP contribution in [0, 0.1) is 0 Å². The molecule has 5 nitrogen and oxygen atoms in total. The van der Waals surface area contributed by atoms with Gasteiger partial charge in [-0.1, -0.05) is 0 Å². The molecule has 0 aliphatic rings. The molecular weight excluding hydrogens is 198 g/mol. The van der Waals surface area contributed by atoms with E-state index >= 15 is 0 Å². The predicted octanol–water partition coefficient (Wildman–Crippen LogP) is 1.52. The molecule has 0 aromatic rings. The van der Waals surface area contributed by atoms with Crippen LogP contribution in [0.2, 0.25) is 0 Å². The number of nitrogens with one attached hydrogen (secondary N) is 1. The van der Waals surface area contributed by atoms with Crippen LogP contribution >= 0.6 is 0 Å². The van der Waals surface area contributed by atoms with Gasteiger partial charge < -0.3 is 14.2 Å². The van der Waals surface area contributed by atoms with Crippen LogP contribution in [0.5, 0.6) is 0 Å². The summed E-state index contributed by atoms with van der Waals surface area (Å²) in [7, 11) is 3.12. The van der Waals surface area contributed by atoms with Crippen LogP contribution in [-0.2, 0) is 14.2 Å². The molecule has 0 aliphatic carbocycles. The summed E-state index contributed by atoms with van der Waals surface area (Å²) in [6.45, 7) is 5.95. The number of hydrogen-bond donors (Lipinski definition) is 1. The maximum atomic E-state index is 11.3. The summed E-state index contributed by atoms with van der Waals surface area (Å²) in [5.41, 5.74) is -0.496. The Kier molecular flexibility index (Phi) is 6.27. The van der Waals surface area contributed by atoms with Gasteiger partial charge in [-0.2, -0.15) is 0 Å². The first-order valence-electron chi connectivity index (χ1n) is 4.90. The standard InChI is InChI=1S/C10H21NO4/c1-10(2,3)15-9(12)11-8(14-5)6-7-13-4/h8H,6-7H2,1-5H3,(H,11,12). The third-order valence-corrected chi connectivity index (χ3v) is 1.55. The van der Waals surface area contributed by atoms with Gasteiger partial charge in [0.25, 0.3) is 0 Å². The van der Waals surface area contributed by atoms with Crippen molar-refractivity contribution in [2.45, 2.75) is 39.0 Å². The maximum absolute atomic E-state index is 11.3. The molecule has 1 unspecified atom stereocenters. The Labute approximate surface area is 91.1 Å². The van der Waals surface area contributed by atoms with Gasteiger partial charge in [0.05, 0.1) is 6.61 Å². The molecule has 5 heteroatoms. The van der Waals surface area contributed by atoms with Crippen LogP contribution in [0.15, 0.2) is 0 Å². The summed E-state index contributed by atoms with van der Waals surface area (Å²) < 4.78 is 15.0. The van der Waals surface area contributed by atoms with Crippen molar-refractivity contribution in [2.75, 3.05) is 20.8 Å². The number of ether oxygens (including phenoxy) is 3. The van der Waals surface area contributed by atoms with Crippen molar-refractivity contribution in [3.63, 3.8) is 0 Å². The molecule has 0 aromatic heterocycles. The first-order valence-corrected chi connectivity index (χ1v) is 4.90. The molecule has 90 valence electrons. The minimum Gasteiger partial charge on any atom is -0.444 e. The quantitative estimate of drug-likeness (QED) is 0.712. The summed E-state index contributed by atoms with van der Waals surface area (Å²) >= 11 is 0. The minimum absolute atomic E-state index is 0.375. The average molecular weight is 219 g/mol. The molecule has 0 heterocycles. The number of carbonyl (C=O) groups is 1. The van der Waals surface area contributed by atoms with Crippen LogP contribution in [0.4, 0.5) is 4.79 Å². The zero-order valence-corrected chi connectivity index (χ0v) is 10.1. The number of amides is 1. The number of carbonyl (C=O) groups excluding carboxylic acids is 1. The zero-order valence-electron chi connectivity index (χ0n) is 10.1. The molecule has 0 fully saturated rings. The van der Waals surface area contributed by atoms with Crippen molar-refractivity contribution in [3.8, 4) is 0 Å². The van der Waals surface area contributed by atoms with E-state index in [2.05, 4.69) is 5.32 Å². The molecule has 1 N–H and O–H groups in total. The number of hydrogen-bond acceptors (Lipinski definition) is 4. The molecule has 0 saturated carbocycles. The van der Waals surface area contributed by atoms with Gasteiger partial charge in [0, 0.05) is 20.6 Å². The molecule has 0 spiro atoms. The Hall–Kier alpha value is -0.810. The highest BCUT2D eigenvalue weighted by atomic mass is 16.6. The minimum atomic E-state index is -0.496. The Morgan fingerprint density at radius 2 is 1.93 bits per heavy atom. The van der Waals surface area contributed by atoms with Crippen LogP contribution < -0.4 is 5.32 Å². The van der Waals surface area contributed by atoms with Crippen molar-refractivity contribution < 1.29 is 19.0 Å². The topological polar surface area (TPSA) is 56.8 Å². The summed E-state index contributed by atoms with van der Waals surface area (Å²) in [5, 5.41) is 2.59. The first-order chi connectivity index (χ1) is 6.89. The molecule has 0 bridgehead atoms. The fraction of sp³-hybridized carbons (Fsp3) is 0.900. The van der Waals surface area contributed by atoms with Crippen molar-refractivity contribution >= 4 is 6.09 Å². The lowest BCUT2D eigenvalue weighted by atomic mass is 10.2. The second kappa shape index (κ2) is 6.63. The third kappa shape index (κ3) is 8.20. The van der Waals surface area contributed by atoms with Gasteiger partial charge >= 0.3 is 6.09 Å². The van der Waals surface area contributed by atoms with Gasteiger partial charge in [-0.3, -0.25) is 5.32 Å². The summed E-state index contributed by atoms with van der Waals surface area (Å²) in [4.78, 5) is 11.3. The molecule has 1 amide bonds. The molecule has 0 aliphatic heterocycles. The van der Waals surface area contributed by atoms with E-state index in [1.807, 2.05) is 20.8 Å². The van der Waals surface area contributed by atoms with Crippen molar-refractivity contribution in [3.05, 3.63) is 0 Å². The van der Waals surface area contributed by atoms with E-state index in [0.717, 1.165) is 0 Å². The zero-order chi connectivity index (χ0) is 11.9. The average Bonchev–Trinajstić information content (AvgIpc) is 2.09. The lowest BCUT2D eigenvalue weighted by Crippen LogP contribution is -2.40.